The van der Waals surface area contributed by atoms with E-state index >= 15 is 0 Å². The molecule has 0 aliphatic carbocycles. The van der Waals surface area contributed by atoms with Crippen molar-refractivity contribution < 1.29 is 54.7 Å². The molecule has 2 aliphatic rings. The summed E-state index contributed by atoms with van der Waals surface area (Å²) < 4.78 is 22.7. The maximum Gasteiger partial charge on any atom is 0.187 e. The molecule has 2 heterocycles. The maximum atomic E-state index is 10.8. The van der Waals surface area contributed by atoms with Gasteiger partial charge in [-0.15, -0.1) is 0 Å². The molecule has 2 rings (SSSR count). The third kappa shape index (κ3) is 7.78. The van der Waals surface area contributed by atoms with E-state index in [1.165, 1.54) is 0 Å². The highest BCUT2D eigenvalue weighted by Gasteiger charge is 2.51. The smallest absolute Gasteiger partial charge is 0.187 e. The molecular formula is C23H44O11. The minimum atomic E-state index is -1.70. The lowest BCUT2D eigenvalue weighted by Crippen LogP contribution is -2.64. The van der Waals surface area contributed by atoms with Crippen LogP contribution in [0.4, 0.5) is 0 Å². The second kappa shape index (κ2) is 15.0. The highest BCUT2D eigenvalue weighted by Crippen LogP contribution is 2.30. The first-order chi connectivity index (χ1) is 16.3. The van der Waals surface area contributed by atoms with Gasteiger partial charge < -0.3 is 54.7 Å². The Balaban J connectivity index is 2.05. The number of hydrogen-bond acceptors (Lipinski definition) is 11. The summed E-state index contributed by atoms with van der Waals surface area (Å²) in [5, 5.41) is 70.8. The predicted molar refractivity (Wildman–Crippen MR) is 120 cm³/mol. The Morgan fingerprint density at radius 3 is 1.71 bits per heavy atom. The molecule has 0 bridgehead atoms. The molecule has 202 valence electrons. The summed E-state index contributed by atoms with van der Waals surface area (Å²) >= 11 is 0. The molecule has 2 aliphatic heterocycles. The molecule has 0 radical (unpaired) electrons. The van der Waals surface area contributed by atoms with Crippen LogP contribution in [-0.4, -0.2) is 116 Å². The minimum absolute atomic E-state index is 0.174. The Bertz CT molecular complexity index is 539. The molecule has 0 spiro atoms. The SMILES string of the molecule is CCCCCC(CCCCC)O[C@@H]1O[C@H](CO)[C@@H](O[C@@H]2O[C@H](CO)[C@@H](O)[C@H](O)[C@H]2O)[C@H](O)[C@H]1O. The van der Waals surface area contributed by atoms with Gasteiger partial charge in [0, 0.05) is 0 Å². The minimum Gasteiger partial charge on any atom is -0.394 e. The Hall–Kier alpha value is -0.440. The molecule has 0 aromatic heterocycles. The predicted octanol–water partition coefficient (Wildman–Crippen LogP) is -0.844. The van der Waals surface area contributed by atoms with E-state index in [0.29, 0.717) is 0 Å². The highest BCUT2D eigenvalue weighted by atomic mass is 16.7. The molecule has 0 aromatic rings. The summed E-state index contributed by atoms with van der Waals surface area (Å²) in [6.07, 6.45) is -6.83. The van der Waals surface area contributed by atoms with Crippen LogP contribution in [-0.2, 0) is 18.9 Å². The molecule has 2 fully saturated rings. The molecule has 10 atom stereocenters. The third-order valence-corrected chi connectivity index (χ3v) is 6.55. The molecule has 0 aromatic carbocycles. The lowest BCUT2D eigenvalue weighted by molar-refractivity contribution is -0.363. The fourth-order valence-corrected chi connectivity index (χ4v) is 4.38. The largest absolute Gasteiger partial charge is 0.394 e. The lowest BCUT2D eigenvalue weighted by Gasteiger charge is -2.46. The Morgan fingerprint density at radius 2 is 1.18 bits per heavy atom. The first-order valence-corrected chi connectivity index (χ1v) is 12.5. The van der Waals surface area contributed by atoms with Crippen LogP contribution in [0.2, 0.25) is 0 Å². The number of unbranched alkanes of at least 4 members (excludes halogenated alkanes) is 4. The monoisotopic (exact) mass is 496 g/mol. The number of rotatable bonds is 14. The van der Waals surface area contributed by atoms with Crippen molar-refractivity contribution in [3.63, 3.8) is 0 Å². The van der Waals surface area contributed by atoms with Crippen molar-refractivity contribution in [2.45, 2.75) is 133 Å². The van der Waals surface area contributed by atoms with Gasteiger partial charge in [0.1, 0.15) is 48.8 Å². The van der Waals surface area contributed by atoms with Crippen LogP contribution in [0.15, 0.2) is 0 Å². The first-order valence-electron chi connectivity index (χ1n) is 12.5. The summed E-state index contributed by atoms with van der Waals surface area (Å²) in [5.74, 6) is 0. The zero-order valence-corrected chi connectivity index (χ0v) is 20.2. The summed E-state index contributed by atoms with van der Waals surface area (Å²) in [6, 6.07) is 0. The van der Waals surface area contributed by atoms with Crippen molar-refractivity contribution in [2.75, 3.05) is 13.2 Å². The second-order valence-corrected chi connectivity index (χ2v) is 9.25. The third-order valence-electron chi connectivity index (χ3n) is 6.55. The normalized spacial score (nSPS) is 39.0. The van der Waals surface area contributed by atoms with Crippen LogP contribution >= 0.6 is 0 Å². The van der Waals surface area contributed by atoms with Crippen molar-refractivity contribution >= 4 is 0 Å². The average molecular weight is 497 g/mol. The number of aliphatic hydroxyl groups is 7. The zero-order chi connectivity index (χ0) is 25.3. The molecule has 0 amide bonds. The van der Waals surface area contributed by atoms with Crippen LogP contribution in [0.3, 0.4) is 0 Å². The van der Waals surface area contributed by atoms with E-state index in [4.69, 9.17) is 18.9 Å². The van der Waals surface area contributed by atoms with Gasteiger partial charge in [0.2, 0.25) is 0 Å². The van der Waals surface area contributed by atoms with Crippen LogP contribution < -0.4 is 0 Å². The van der Waals surface area contributed by atoms with Gasteiger partial charge in [0.25, 0.3) is 0 Å². The standard InChI is InChI=1S/C23H44O11/c1-3-5-7-9-13(10-8-6-4-2)31-22-20(30)18(28)21(15(12-25)33-22)34-23-19(29)17(27)16(26)14(11-24)32-23/h13-30H,3-12H2,1-2H3/t14-,15-,16-,17+,18-,19-,20-,21-,22-,23+/m1/s1. The second-order valence-electron chi connectivity index (χ2n) is 9.25. The molecule has 34 heavy (non-hydrogen) atoms. The average Bonchev–Trinajstić information content (AvgIpc) is 2.83. The summed E-state index contributed by atoms with van der Waals surface area (Å²) in [7, 11) is 0. The molecule has 0 unspecified atom stereocenters. The Labute approximate surface area is 201 Å². The van der Waals surface area contributed by atoms with Crippen molar-refractivity contribution in [1.29, 1.82) is 0 Å². The quantitative estimate of drug-likeness (QED) is 0.149. The van der Waals surface area contributed by atoms with Crippen molar-refractivity contribution in [3.8, 4) is 0 Å². The van der Waals surface area contributed by atoms with E-state index in [0.717, 1.165) is 51.4 Å². The summed E-state index contributed by atoms with van der Waals surface area (Å²) in [4.78, 5) is 0. The zero-order valence-electron chi connectivity index (χ0n) is 20.2. The number of aliphatic hydroxyl groups excluding tert-OH is 7. The van der Waals surface area contributed by atoms with Crippen molar-refractivity contribution in [3.05, 3.63) is 0 Å². The van der Waals surface area contributed by atoms with Crippen LogP contribution in [0, 0.1) is 0 Å². The number of hydrogen-bond donors (Lipinski definition) is 7. The summed E-state index contributed by atoms with van der Waals surface area (Å²) in [5.41, 5.74) is 0. The summed E-state index contributed by atoms with van der Waals surface area (Å²) in [6.45, 7) is 2.99. The Morgan fingerprint density at radius 1 is 0.647 bits per heavy atom. The van der Waals surface area contributed by atoms with Crippen LogP contribution in [0.5, 0.6) is 0 Å². The van der Waals surface area contributed by atoms with Gasteiger partial charge >= 0.3 is 0 Å². The molecular weight excluding hydrogens is 452 g/mol. The van der Waals surface area contributed by atoms with Gasteiger partial charge in [0.05, 0.1) is 19.3 Å². The van der Waals surface area contributed by atoms with Gasteiger partial charge in [-0.3, -0.25) is 0 Å². The molecule has 7 N–H and O–H groups in total. The van der Waals surface area contributed by atoms with E-state index in [1.54, 1.807) is 0 Å². The van der Waals surface area contributed by atoms with Crippen molar-refractivity contribution in [1.82, 2.24) is 0 Å². The first kappa shape index (κ1) is 29.8. The van der Waals surface area contributed by atoms with E-state index < -0.39 is 74.6 Å². The Kier molecular flexibility index (Phi) is 13.1. The van der Waals surface area contributed by atoms with E-state index in [-0.39, 0.29) is 6.10 Å². The van der Waals surface area contributed by atoms with Gasteiger partial charge in [-0.2, -0.15) is 0 Å². The van der Waals surface area contributed by atoms with E-state index in [9.17, 15) is 35.7 Å². The lowest BCUT2D eigenvalue weighted by atomic mass is 9.96. The molecule has 11 heteroatoms. The van der Waals surface area contributed by atoms with Gasteiger partial charge in [-0.25, -0.2) is 0 Å². The van der Waals surface area contributed by atoms with Gasteiger partial charge in [-0.1, -0.05) is 52.4 Å². The van der Waals surface area contributed by atoms with E-state index in [1.807, 2.05) is 0 Å². The molecule has 2 saturated heterocycles. The molecule has 11 nitrogen and oxygen atoms in total. The fraction of sp³-hybridized carbons (Fsp3) is 1.00. The van der Waals surface area contributed by atoms with Gasteiger partial charge in [0.15, 0.2) is 12.6 Å². The highest BCUT2D eigenvalue weighted by molar-refractivity contribution is 4.94. The molecule has 0 saturated carbocycles. The van der Waals surface area contributed by atoms with Crippen LogP contribution in [0.1, 0.15) is 65.2 Å². The number of ether oxygens (including phenoxy) is 4. The van der Waals surface area contributed by atoms with E-state index in [2.05, 4.69) is 13.8 Å². The maximum absolute atomic E-state index is 10.8. The van der Waals surface area contributed by atoms with Gasteiger partial charge in [-0.05, 0) is 12.8 Å². The van der Waals surface area contributed by atoms with Crippen LogP contribution in [0.25, 0.3) is 0 Å². The topological polar surface area (TPSA) is 179 Å². The fourth-order valence-electron chi connectivity index (χ4n) is 4.38. The van der Waals surface area contributed by atoms with Crippen molar-refractivity contribution in [2.24, 2.45) is 0 Å².